The van der Waals surface area contributed by atoms with E-state index in [1.54, 1.807) is 7.11 Å². The molecule has 0 amide bonds. The van der Waals surface area contributed by atoms with Gasteiger partial charge in [0, 0.05) is 37.7 Å². The van der Waals surface area contributed by atoms with E-state index in [1.807, 2.05) is 30.6 Å². The van der Waals surface area contributed by atoms with Crippen LogP contribution < -0.4 is 10.1 Å². The zero-order valence-corrected chi connectivity index (χ0v) is 12.3. The van der Waals surface area contributed by atoms with Gasteiger partial charge in [-0.15, -0.1) is 0 Å². The molecule has 3 rings (SSSR count). The second-order valence-electron chi connectivity index (χ2n) is 5.19. The summed E-state index contributed by atoms with van der Waals surface area (Å²) in [5, 5.41) is 3.47. The molecule has 1 atom stereocenters. The zero-order valence-electron chi connectivity index (χ0n) is 12.3. The van der Waals surface area contributed by atoms with Crippen LogP contribution in [0.4, 0.5) is 0 Å². The van der Waals surface area contributed by atoms with E-state index in [0.29, 0.717) is 12.0 Å². The molecule has 2 aromatic heterocycles. The lowest BCUT2D eigenvalue weighted by atomic mass is 10.2. The van der Waals surface area contributed by atoms with E-state index in [4.69, 9.17) is 9.47 Å². The van der Waals surface area contributed by atoms with Crippen LogP contribution >= 0.6 is 0 Å². The molecule has 5 heteroatoms. The Balaban J connectivity index is 1.62. The van der Waals surface area contributed by atoms with Gasteiger partial charge in [0.15, 0.2) is 0 Å². The molecule has 5 nitrogen and oxygen atoms in total. The van der Waals surface area contributed by atoms with Gasteiger partial charge in [-0.1, -0.05) is 0 Å². The Kier molecular flexibility index (Phi) is 4.52. The van der Waals surface area contributed by atoms with Gasteiger partial charge in [0.1, 0.15) is 0 Å². The van der Waals surface area contributed by atoms with Crippen molar-refractivity contribution < 1.29 is 9.47 Å². The van der Waals surface area contributed by atoms with E-state index in [2.05, 4.69) is 20.9 Å². The Labute approximate surface area is 124 Å². The van der Waals surface area contributed by atoms with Crippen molar-refractivity contribution in [3.63, 3.8) is 0 Å². The van der Waals surface area contributed by atoms with E-state index < -0.39 is 0 Å². The van der Waals surface area contributed by atoms with Crippen LogP contribution in [0.1, 0.15) is 18.5 Å². The quantitative estimate of drug-likeness (QED) is 0.884. The smallest absolute Gasteiger partial charge is 0.213 e. The van der Waals surface area contributed by atoms with Crippen molar-refractivity contribution in [2.45, 2.75) is 25.5 Å². The SMILES string of the molecule is COc1ccc(-n2cccc2CNCC2CCCO2)cn1. The average Bonchev–Trinajstić information content (AvgIpc) is 3.19. The molecule has 2 aromatic rings. The number of aromatic nitrogens is 2. The van der Waals surface area contributed by atoms with Crippen LogP contribution in [0, 0.1) is 0 Å². The number of ether oxygens (including phenoxy) is 2. The molecule has 1 saturated heterocycles. The maximum atomic E-state index is 5.62. The largest absolute Gasteiger partial charge is 0.481 e. The van der Waals surface area contributed by atoms with E-state index in [1.165, 1.54) is 12.1 Å². The lowest BCUT2D eigenvalue weighted by Crippen LogP contribution is -2.26. The molecule has 0 radical (unpaired) electrons. The molecule has 1 aliphatic rings. The van der Waals surface area contributed by atoms with Crippen molar-refractivity contribution >= 4 is 0 Å². The van der Waals surface area contributed by atoms with Crippen molar-refractivity contribution in [2.24, 2.45) is 0 Å². The minimum Gasteiger partial charge on any atom is -0.481 e. The minimum atomic E-state index is 0.371. The Bertz CT molecular complexity index is 559. The van der Waals surface area contributed by atoms with Gasteiger partial charge in [-0.2, -0.15) is 0 Å². The molecule has 1 N–H and O–H groups in total. The van der Waals surface area contributed by atoms with Gasteiger partial charge in [0.2, 0.25) is 5.88 Å². The molecule has 1 unspecified atom stereocenters. The summed E-state index contributed by atoms with van der Waals surface area (Å²) in [5.41, 5.74) is 2.25. The number of pyridine rings is 1. The first-order valence-electron chi connectivity index (χ1n) is 7.36. The first-order valence-corrected chi connectivity index (χ1v) is 7.36. The third kappa shape index (κ3) is 3.43. The number of nitrogens with zero attached hydrogens (tertiary/aromatic N) is 2. The predicted molar refractivity (Wildman–Crippen MR) is 80.8 cm³/mol. The van der Waals surface area contributed by atoms with Crippen molar-refractivity contribution in [2.75, 3.05) is 20.3 Å². The molecule has 1 aliphatic heterocycles. The molecule has 0 aliphatic carbocycles. The lowest BCUT2D eigenvalue weighted by Gasteiger charge is -2.13. The number of rotatable bonds is 6. The van der Waals surface area contributed by atoms with Crippen LogP contribution in [0.3, 0.4) is 0 Å². The van der Waals surface area contributed by atoms with Crippen molar-refractivity contribution in [3.8, 4) is 11.6 Å². The Morgan fingerprint density at radius 2 is 2.38 bits per heavy atom. The molecule has 0 saturated carbocycles. The molecule has 3 heterocycles. The maximum absolute atomic E-state index is 5.62. The summed E-state index contributed by atoms with van der Waals surface area (Å²) in [6.45, 7) is 2.63. The second kappa shape index (κ2) is 6.74. The first kappa shape index (κ1) is 14.1. The molecule has 0 spiro atoms. The summed E-state index contributed by atoms with van der Waals surface area (Å²) < 4.78 is 12.8. The van der Waals surface area contributed by atoms with Crippen LogP contribution in [0.25, 0.3) is 5.69 Å². The normalized spacial score (nSPS) is 18.0. The van der Waals surface area contributed by atoms with Crippen LogP contribution in [0.15, 0.2) is 36.7 Å². The summed E-state index contributed by atoms with van der Waals surface area (Å²) in [7, 11) is 1.62. The van der Waals surface area contributed by atoms with Crippen molar-refractivity contribution in [1.82, 2.24) is 14.9 Å². The van der Waals surface area contributed by atoms with E-state index in [9.17, 15) is 0 Å². The van der Waals surface area contributed by atoms with E-state index >= 15 is 0 Å². The average molecular weight is 287 g/mol. The van der Waals surface area contributed by atoms with E-state index in [-0.39, 0.29) is 0 Å². The Hall–Kier alpha value is -1.85. The van der Waals surface area contributed by atoms with E-state index in [0.717, 1.165) is 31.8 Å². The van der Waals surface area contributed by atoms with Crippen LogP contribution in [-0.2, 0) is 11.3 Å². The Morgan fingerprint density at radius 3 is 3.10 bits per heavy atom. The first-order chi connectivity index (χ1) is 10.4. The summed E-state index contributed by atoms with van der Waals surface area (Å²) >= 11 is 0. The third-order valence-electron chi connectivity index (χ3n) is 3.74. The summed E-state index contributed by atoms with van der Waals surface area (Å²) in [6, 6.07) is 8.05. The molecule has 1 fully saturated rings. The Morgan fingerprint density at radius 1 is 1.43 bits per heavy atom. The number of nitrogens with one attached hydrogen (secondary N) is 1. The van der Waals surface area contributed by atoms with Gasteiger partial charge in [-0.3, -0.25) is 0 Å². The van der Waals surface area contributed by atoms with Gasteiger partial charge in [0.05, 0.1) is 25.1 Å². The number of hydrogen-bond acceptors (Lipinski definition) is 4. The highest BCUT2D eigenvalue weighted by Gasteiger charge is 2.14. The fourth-order valence-electron chi connectivity index (χ4n) is 2.61. The van der Waals surface area contributed by atoms with Gasteiger partial charge >= 0.3 is 0 Å². The highest BCUT2D eigenvalue weighted by Crippen LogP contribution is 2.15. The summed E-state index contributed by atoms with van der Waals surface area (Å²) in [6.07, 6.45) is 6.59. The summed E-state index contributed by atoms with van der Waals surface area (Å²) in [4.78, 5) is 4.25. The third-order valence-corrected chi connectivity index (χ3v) is 3.74. The standard InChI is InChI=1S/C16H21N3O2/c1-20-16-7-6-14(11-18-16)19-8-2-4-13(19)10-17-12-15-5-3-9-21-15/h2,4,6-8,11,15,17H,3,5,9-10,12H2,1H3. The van der Waals surface area contributed by atoms with Crippen molar-refractivity contribution in [1.29, 1.82) is 0 Å². The zero-order chi connectivity index (χ0) is 14.5. The van der Waals surface area contributed by atoms with Crippen LogP contribution in [-0.4, -0.2) is 35.9 Å². The molecule has 21 heavy (non-hydrogen) atoms. The molecular formula is C16H21N3O2. The summed E-state index contributed by atoms with van der Waals surface area (Å²) in [5.74, 6) is 0.629. The van der Waals surface area contributed by atoms with Crippen LogP contribution in [0.5, 0.6) is 5.88 Å². The minimum absolute atomic E-state index is 0.371. The van der Waals surface area contributed by atoms with Gasteiger partial charge in [0.25, 0.3) is 0 Å². The maximum Gasteiger partial charge on any atom is 0.213 e. The number of methoxy groups -OCH3 is 1. The monoisotopic (exact) mass is 287 g/mol. The highest BCUT2D eigenvalue weighted by atomic mass is 16.5. The lowest BCUT2D eigenvalue weighted by molar-refractivity contribution is 0.110. The highest BCUT2D eigenvalue weighted by molar-refractivity contribution is 5.34. The fraction of sp³-hybridized carbons (Fsp3) is 0.438. The van der Waals surface area contributed by atoms with Gasteiger partial charge < -0.3 is 19.4 Å². The topological polar surface area (TPSA) is 48.3 Å². The molecular weight excluding hydrogens is 266 g/mol. The number of hydrogen-bond donors (Lipinski definition) is 1. The second-order valence-corrected chi connectivity index (χ2v) is 5.19. The fourth-order valence-corrected chi connectivity index (χ4v) is 2.61. The molecule has 0 aromatic carbocycles. The van der Waals surface area contributed by atoms with Crippen molar-refractivity contribution in [3.05, 3.63) is 42.4 Å². The molecule has 112 valence electrons. The molecule has 0 bridgehead atoms. The predicted octanol–water partition coefficient (Wildman–Crippen LogP) is 2.15. The van der Waals surface area contributed by atoms with Gasteiger partial charge in [-0.05, 0) is 31.0 Å². The van der Waals surface area contributed by atoms with Crippen LogP contribution in [0.2, 0.25) is 0 Å². The van der Waals surface area contributed by atoms with Gasteiger partial charge in [-0.25, -0.2) is 4.98 Å².